The molecule has 1 aliphatic heterocycles. The SMILES string of the molecule is FC(F)(F)c1ccc(-c2cc(Nc3ccc4c(n3)NCCC4)ncn2)cc1. The summed E-state index contributed by atoms with van der Waals surface area (Å²) < 4.78 is 38.1. The van der Waals surface area contributed by atoms with Crippen LogP contribution in [0.25, 0.3) is 11.3 Å². The lowest BCUT2D eigenvalue weighted by Gasteiger charge is -2.17. The highest BCUT2D eigenvalue weighted by Gasteiger charge is 2.30. The van der Waals surface area contributed by atoms with Crippen LogP contribution in [0, 0.1) is 0 Å². The van der Waals surface area contributed by atoms with Gasteiger partial charge in [-0.2, -0.15) is 13.2 Å². The zero-order chi connectivity index (χ0) is 18.9. The van der Waals surface area contributed by atoms with Crippen molar-refractivity contribution < 1.29 is 13.2 Å². The summed E-state index contributed by atoms with van der Waals surface area (Å²) in [7, 11) is 0. The van der Waals surface area contributed by atoms with Crippen molar-refractivity contribution in [3.8, 4) is 11.3 Å². The van der Waals surface area contributed by atoms with Crippen molar-refractivity contribution in [1.29, 1.82) is 0 Å². The first-order valence-corrected chi connectivity index (χ1v) is 8.49. The van der Waals surface area contributed by atoms with E-state index in [0.717, 1.165) is 37.3 Å². The predicted octanol–water partition coefficient (Wildman–Crippen LogP) is 4.66. The molecule has 4 rings (SSSR count). The maximum Gasteiger partial charge on any atom is 0.416 e. The molecule has 1 aromatic carbocycles. The molecular weight excluding hydrogens is 355 g/mol. The number of aromatic nitrogens is 3. The van der Waals surface area contributed by atoms with Crippen LogP contribution >= 0.6 is 0 Å². The molecule has 2 N–H and O–H groups in total. The minimum Gasteiger partial charge on any atom is -0.370 e. The predicted molar refractivity (Wildman–Crippen MR) is 96.8 cm³/mol. The van der Waals surface area contributed by atoms with Gasteiger partial charge in [0.1, 0.15) is 23.8 Å². The Morgan fingerprint density at radius 2 is 1.78 bits per heavy atom. The van der Waals surface area contributed by atoms with E-state index in [4.69, 9.17) is 0 Å². The lowest BCUT2D eigenvalue weighted by Crippen LogP contribution is -2.13. The second kappa shape index (κ2) is 6.86. The molecule has 0 bridgehead atoms. The third kappa shape index (κ3) is 3.84. The van der Waals surface area contributed by atoms with Crippen molar-refractivity contribution in [3.63, 3.8) is 0 Å². The number of hydrogen-bond acceptors (Lipinski definition) is 5. The maximum absolute atomic E-state index is 12.7. The molecule has 3 heterocycles. The second-order valence-corrected chi connectivity index (χ2v) is 6.22. The van der Waals surface area contributed by atoms with Gasteiger partial charge in [0.25, 0.3) is 0 Å². The monoisotopic (exact) mass is 371 g/mol. The van der Waals surface area contributed by atoms with E-state index < -0.39 is 11.7 Å². The lowest BCUT2D eigenvalue weighted by atomic mass is 10.1. The fraction of sp³-hybridized carbons (Fsp3) is 0.211. The Morgan fingerprint density at radius 3 is 2.56 bits per heavy atom. The minimum atomic E-state index is -4.36. The average Bonchev–Trinajstić information content (AvgIpc) is 2.68. The lowest BCUT2D eigenvalue weighted by molar-refractivity contribution is -0.137. The Kier molecular flexibility index (Phi) is 4.39. The number of anilines is 3. The fourth-order valence-electron chi connectivity index (χ4n) is 2.94. The van der Waals surface area contributed by atoms with E-state index >= 15 is 0 Å². The van der Waals surface area contributed by atoms with Crippen molar-refractivity contribution in [3.05, 3.63) is 59.9 Å². The van der Waals surface area contributed by atoms with Crippen LogP contribution in [0.2, 0.25) is 0 Å². The van der Waals surface area contributed by atoms with Crippen molar-refractivity contribution >= 4 is 17.5 Å². The number of halogens is 3. The molecule has 27 heavy (non-hydrogen) atoms. The summed E-state index contributed by atoms with van der Waals surface area (Å²) in [4.78, 5) is 12.9. The summed E-state index contributed by atoms with van der Waals surface area (Å²) >= 11 is 0. The number of aryl methyl sites for hydroxylation is 1. The van der Waals surface area contributed by atoms with Crippen molar-refractivity contribution in [2.75, 3.05) is 17.2 Å². The zero-order valence-corrected chi connectivity index (χ0v) is 14.2. The number of nitrogens with zero attached hydrogens (tertiary/aromatic N) is 3. The molecule has 2 aromatic heterocycles. The Morgan fingerprint density at radius 1 is 0.963 bits per heavy atom. The zero-order valence-electron chi connectivity index (χ0n) is 14.2. The summed E-state index contributed by atoms with van der Waals surface area (Å²) in [5.74, 6) is 2.02. The molecule has 0 aliphatic carbocycles. The third-order valence-corrected chi connectivity index (χ3v) is 4.33. The van der Waals surface area contributed by atoms with E-state index in [1.165, 1.54) is 24.0 Å². The number of fused-ring (bicyclic) bond motifs is 1. The van der Waals surface area contributed by atoms with Crippen LogP contribution in [0.1, 0.15) is 17.5 Å². The quantitative estimate of drug-likeness (QED) is 0.701. The molecule has 0 radical (unpaired) electrons. The summed E-state index contributed by atoms with van der Waals surface area (Å²) in [6.07, 6.45) is -0.903. The Hall–Kier alpha value is -3.16. The highest BCUT2D eigenvalue weighted by Crippen LogP contribution is 2.31. The van der Waals surface area contributed by atoms with Gasteiger partial charge in [0.05, 0.1) is 11.3 Å². The van der Waals surface area contributed by atoms with Gasteiger partial charge in [-0.05, 0) is 36.6 Å². The number of pyridine rings is 1. The number of nitrogens with one attached hydrogen (secondary N) is 2. The first-order valence-electron chi connectivity index (χ1n) is 8.49. The summed E-state index contributed by atoms with van der Waals surface area (Å²) in [6, 6.07) is 10.5. The van der Waals surface area contributed by atoms with Crippen LogP contribution in [0.4, 0.5) is 30.6 Å². The van der Waals surface area contributed by atoms with Crippen LogP contribution in [-0.4, -0.2) is 21.5 Å². The standard InChI is InChI=1S/C19H16F3N5/c20-19(21,22)14-6-3-12(4-7-14)15-10-17(25-11-24-15)26-16-8-5-13-2-1-9-23-18(13)27-16/h3-8,10-11H,1-2,9H2,(H2,23,24,25,26,27). The molecule has 1 aliphatic rings. The number of benzene rings is 1. The van der Waals surface area contributed by atoms with E-state index in [1.807, 2.05) is 12.1 Å². The van der Waals surface area contributed by atoms with Crippen LogP contribution in [0.3, 0.4) is 0 Å². The van der Waals surface area contributed by atoms with E-state index in [-0.39, 0.29) is 0 Å². The highest BCUT2D eigenvalue weighted by atomic mass is 19.4. The van der Waals surface area contributed by atoms with Gasteiger partial charge in [-0.15, -0.1) is 0 Å². The summed E-state index contributed by atoms with van der Waals surface area (Å²) in [6.45, 7) is 0.898. The molecule has 138 valence electrons. The summed E-state index contributed by atoms with van der Waals surface area (Å²) in [5.41, 5.74) is 1.59. The molecule has 0 amide bonds. The van der Waals surface area contributed by atoms with Gasteiger partial charge < -0.3 is 10.6 Å². The molecule has 0 unspecified atom stereocenters. The van der Waals surface area contributed by atoms with Crippen molar-refractivity contribution in [2.45, 2.75) is 19.0 Å². The molecule has 3 aromatic rings. The largest absolute Gasteiger partial charge is 0.416 e. The van der Waals surface area contributed by atoms with Crippen LogP contribution < -0.4 is 10.6 Å². The van der Waals surface area contributed by atoms with Gasteiger partial charge in [-0.3, -0.25) is 0 Å². The van der Waals surface area contributed by atoms with Gasteiger partial charge in [-0.25, -0.2) is 15.0 Å². The second-order valence-electron chi connectivity index (χ2n) is 6.22. The van der Waals surface area contributed by atoms with Gasteiger partial charge in [0.15, 0.2) is 0 Å². The maximum atomic E-state index is 12.7. The van der Waals surface area contributed by atoms with Gasteiger partial charge in [0, 0.05) is 18.2 Å². The number of rotatable bonds is 3. The molecule has 0 saturated carbocycles. The molecule has 8 heteroatoms. The minimum absolute atomic E-state index is 0.517. The van der Waals surface area contributed by atoms with E-state index in [1.54, 1.807) is 6.07 Å². The van der Waals surface area contributed by atoms with Crippen LogP contribution in [-0.2, 0) is 12.6 Å². The highest BCUT2D eigenvalue weighted by molar-refractivity contribution is 5.65. The molecule has 0 atom stereocenters. The van der Waals surface area contributed by atoms with E-state index in [9.17, 15) is 13.2 Å². The van der Waals surface area contributed by atoms with E-state index in [2.05, 4.69) is 25.6 Å². The average molecular weight is 371 g/mol. The topological polar surface area (TPSA) is 62.7 Å². The molecule has 0 saturated heterocycles. The first-order chi connectivity index (χ1) is 13.0. The van der Waals surface area contributed by atoms with E-state index in [0.29, 0.717) is 22.9 Å². The fourth-order valence-corrected chi connectivity index (χ4v) is 2.94. The van der Waals surface area contributed by atoms with Crippen molar-refractivity contribution in [2.24, 2.45) is 0 Å². The Balaban J connectivity index is 1.56. The third-order valence-electron chi connectivity index (χ3n) is 4.33. The van der Waals surface area contributed by atoms with Crippen molar-refractivity contribution in [1.82, 2.24) is 15.0 Å². The molecule has 5 nitrogen and oxygen atoms in total. The first kappa shape index (κ1) is 17.3. The van der Waals surface area contributed by atoms with Crippen LogP contribution in [0.5, 0.6) is 0 Å². The Bertz CT molecular complexity index is 954. The number of alkyl halides is 3. The summed E-state index contributed by atoms with van der Waals surface area (Å²) in [5, 5.41) is 6.39. The van der Waals surface area contributed by atoms with Gasteiger partial charge in [0.2, 0.25) is 0 Å². The van der Waals surface area contributed by atoms with Gasteiger partial charge >= 0.3 is 6.18 Å². The van der Waals surface area contributed by atoms with Crippen LogP contribution in [0.15, 0.2) is 48.8 Å². The Labute approximate surface area is 153 Å². The van der Waals surface area contributed by atoms with Gasteiger partial charge in [-0.1, -0.05) is 18.2 Å². The molecule has 0 fully saturated rings. The molecular formula is C19H16F3N5. The number of hydrogen-bond donors (Lipinski definition) is 2. The normalized spacial score (nSPS) is 13.6. The molecule has 0 spiro atoms. The smallest absolute Gasteiger partial charge is 0.370 e.